The van der Waals surface area contributed by atoms with E-state index in [9.17, 15) is 27.9 Å². The SMILES string of the molecule is C=C/C(C#N)=C\C=C(/Br)[C@@H]1C(C(=O)O)=C(C)N(c2cccc(C(F)(F)F)c2)C(=N)N1C(N)=O. The van der Waals surface area contributed by atoms with E-state index in [1.807, 2.05) is 6.07 Å². The van der Waals surface area contributed by atoms with Crippen LogP contribution in [0.15, 0.2) is 70.4 Å². The number of amides is 2. The fourth-order valence-corrected chi connectivity index (χ4v) is 3.72. The molecule has 0 bridgehead atoms. The molecule has 33 heavy (non-hydrogen) atoms. The van der Waals surface area contributed by atoms with Gasteiger partial charge in [0, 0.05) is 15.9 Å². The average Bonchev–Trinajstić information content (AvgIpc) is 2.72. The molecule has 8 nitrogen and oxygen atoms in total. The van der Waals surface area contributed by atoms with Crippen molar-refractivity contribution in [2.45, 2.75) is 19.1 Å². The van der Waals surface area contributed by atoms with Gasteiger partial charge in [0.2, 0.25) is 5.96 Å². The van der Waals surface area contributed by atoms with Crippen molar-refractivity contribution in [3.8, 4) is 6.07 Å². The first kappa shape index (κ1) is 25.4. The summed E-state index contributed by atoms with van der Waals surface area (Å²) in [6.45, 7) is 4.75. The number of alkyl halides is 3. The predicted molar refractivity (Wildman–Crippen MR) is 118 cm³/mol. The molecular formula is C21H17BrF3N5O3. The first-order chi connectivity index (χ1) is 15.3. The van der Waals surface area contributed by atoms with Crippen LogP contribution in [0.4, 0.5) is 23.7 Å². The quantitative estimate of drug-likeness (QED) is 0.386. The highest BCUT2D eigenvalue weighted by atomic mass is 79.9. The molecule has 0 fully saturated rings. The number of nitrogens with one attached hydrogen (secondary N) is 1. The molecule has 2 amide bonds. The van der Waals surface area contributed by atoms with Gasteiger partial charge in [0.15, 0.2) is 0 Å². The lowest BCUT2D eigenvalue weighted by molar-refractivity contribution is -0.137. The van der Waals surface area contributed by atoms with Gasteiger partial charge in [-0.25, -0.2) is 9.59 Å². The summed E-state index contributed by atoms with van der Waals surface area (Å²) in [6, 6.07) is 3.09. The van der Waals surface area contributed by atoms with Crippen molar-refractivity contribution < 1.29 is 27.9 Å². The van der Waals surface area contributed by atoms with E-state index in [0.717, 1.165) is 23.1 Å². The minimum absolute atomic E-state index is 0.0566. The summed E-state index contributed by atoms with van der Waals surface area (Å²) in [4.78, 5) is 25.9. The summed E-state index contributed by atoms with van der Waals surface area (Å²) in [6.07, 6.45) is -0.840. The molecule has 1 atom stereocenters. The number of carboxylic acids is 1. The first-order valence-corrected chi connectivity index (χ1v) is 9.83. The van der Waals surface area contributed by atoms with Gasteiger partial charge in [0.25, 0.3) is 0 Å². The average molecular weight is 524 g/mol. The van der Waals surface area contributed by atoms with Crippen molar-refractivity contribution in [3.63, 3.8) is 0 Å². The highest BCUT2D eigenvalue weighted by Crippen LogP contribution is 2.38. The topological polar surface area (TPSA) is 135 Å². The Morgan fingerprint density at radius 3 is 2.48 bits per heavy atom. The minimum atomic E-state index is -4.69. The Bertz CT molecular complexity index is 1160. The Kier molecular flexibility index (Phi) is 7.50. The molecule has 172 valence electrons. The normalized spacial score (nSPS) is 17.7. The third-order valence-electron chi connectivity index (χ3n) is 4.63. The zero-order valence-electron chi connectivity index (χ0n) is 17.0. The van der Waals surface area contributed by atoms with Crippen molar-refractivity contribution >= 4 is 39.6 Å². The third-order valence-corrected chi connectivity index (χ3v) is 5.33. The Labute approximate surface area is 195 Å². The Morgan fingerprint density at radius 1 is 1.36 bits per heavy atom. The van der Waals surface area contributed by atoms with Gasteiger partial charge in [-0.3, -0.25) is 15.2 Å². The van der Waals surface area contributed by atoms with E-state index in [1.165, 1.54) is 31.2 Å². The summed E-state index contributed by atoms with van der Waals surface area (Å²) in [5.41, 5.74) is 3.83. The van der Waals surface area contributed by atoms with Crippen molar-refractivity contribution in [2.75, 3.05) is 4.90 Å². The van der Waals surface area contributed by atoms with Crippen molar-refractivity contribution in [1.82, 2.24) is 4.90 Å². The van der Waals surface area contributed by atoms with Gasteiger partial charge >= 0.3 is 18.2 Å². The lowest BCUT2D eigenvalue weighted by atomic mass is 9.98. The molecule has 1 aromatic carbocycles. The number of urea groups is 1. The lowest BCUT2D eigenvalue weighted by Crippen LogP contribution is -2.59. The number of aliphatic carboxylic acids is 1. The molecule has 0 aliphatic carbocycles. The smallest absolute Gasteiger partial charge is 0.416 e. The number of guanidine groups is 1. The molecule has 1 heterocycles. The monoisotopic (exact) mass is 523 g/mol. The number of allylic oxidation sites excluding steroid dienone is 5. The summed E-state index contributed by atoms with van der Waals surface area (Å²) < 4.78 is 39.7. The van der Waals surface area contributed by atoms with E-state index in [2.05, 4.69) is 22.5 Å². The van der Waals surface area contributed by atoms with Gasteiger partial charge in [0.05, 0.1) is 22.8 Å². The van der Waals surface area contributed by atoms with E-state index < -0.39 is 41.3 Å². The number of carbonyl (C=O) groups is 2. The third kappa shape index (κ3) is 5.15. The number of halogens is 4. The highest BCUT2D eigenvalue weighted by molar-refractivity contribution is 9.11. The number of nitrogens with two attached hydrogens (primary N) is 1. The van der Waals surface area contributed by atoms with Crippen molar-refractivity contribution in [1.29, 1.82) is 10.7 Å². The number of hydrogen-bond acceptors (Lipinski definition) is 4. The second-order valence-corrected chi connectivity index (χ2v) is 7.53. The van der Waals surface area contributed by atoms with Gasteiger partial charge < -0.3 is 10.8 Å². The van der Waals surface area contributed by atoms with E-state index in [1.54, 1.807) is 0 Å². The van der Waals surface area contributed by atoms with Gasteiger partial charge in [-0.1, -0.05) is 34.7 Å². The molecule has 12 heteroatoms. The molecule has 0 saturated heterocycles. The maximum absolute atomic E-state index is 13.2. The van der Waals surface area contributed by atoms with E-state index >= 15 is 0 Å². The standard InChI is InChI=1S/C21H17BrF3N5O3/c1-3-12(10-26)7-8-15(22)17-16(18(31)32)11(2)29(19(27)30(17)20(28)33)14-6-4-5-13(9-14)21(23,24)25/h3-9,17,27H,1H2,2H3,(H2,28,33)(H,31,32)/b12-7+,15-8-,27-19?/t17-/m1/s1. The van der Waals surface area contributed by atoms with Crippen molar-refractivity contribution in [3.05, 3.63) is 76.0 Å². The zero-order chi connectivity index (χ0) is 25.1. The van der Waals surface area contributed by atoms with Crippen LogP contribution in [-0.2, 0) is 11.0 Å². The van der Waals surface area contributed by atoms with Crippen LogP contribution in [0.25, 0.3) is 0 Å². The lowest BCUT2D eigenvalue weighted by Gasteiger charge is -2.42. The Morgan fingerprint density at radius 2 is 2.00 bits per heavy atom. The van der Waals surface area contributed by atoms with E-state index in [4.69, 9.17) is 16.4 Å². The molecule has 4 N–H and O–H groups in total. The summed E-state index contributed by atoms with van der Waals surface area (Å²) in [7, 11) is 0. The zero-order valence-corrected chi connectivity index (χ0v) is 18.6. The van der Waals surface area contributed by atoms with Crippen LogP contribution >= 0.6 is 15.9 Å². The molecule has 0 radical (unpaired) electrons. The molecule has 2 rings (SSSR count). The second kappa shape index (κ2) is 9.74. The number of carbonyl (C=O) groups excluding carboxylic acids is 1. The molecule has 1 aliphatic rings. The van der Waals surface area contributed by atoms with E-state index in [0.29, 0.717) is 4.90 Å². The maximum atomic E-state index is 13.2. The van der Waals surface area contributed by atoms with Gasteiger partial charge in [-0.05, 0) is 37.3 Å². The van der Waals surface area contributed by atoms with Crippen LogP contribution in [0.1, 0.15) is 12.5 Å². The second-order valence-electron chi connectivity index (χ2n) is 6.61. The Balaban J connectivity index is 2.79. The molecule has 0 unspecified atom stereocenters. The number of primary amides is 1. The number of nitrogens with zero attached hydrogens (tertiary/aromatic N) is 3. The predicted octanol–water partition coefficient (Wildman–Crippen LogP) is 4.48. The van der Waals surface area contributed by atoms with E-state index in [-0.39, 0.29) is 21.4 Å². The summed E-state index contributed by atoms with van der Waals surface area (Å²) in [5, 5.41) is 27.4. The molecule has 1 aromatic rings. The molecule has 0 saturated carbocycles. The number of anilines is 1. The fourth-order valence-electron chi connectivity index (χ4n) is 3.15. The van der Waals surface area contributed by atoms with Crippen LogP contribution in [0.5, 0.6) is 0 Å². The minimum Gasteiger partial charge on any atom is -0.478 e. The van der Waals surface area contributed by atoms with Crippen LogP contribution in [0.3, 0.4) is 0 Å². The number of hydrogen-bond donors (Lipinski definition) is 3. The largest absolute Gasteiger partial charge is 0.478 e. The molecule has 0 aromatic heterocycles. The van der Waals surface area contributed by atoms with Gasteiger partial charge in [-0.15, -0.1) is 0 Å². The summed E-state index contributed by atoms with van der Waals surface area (Å²) >= 11 is 3.17. The maximum Gasteiger partial charge on any atom is 0.416 e. The Hall–Kier alpha value is -3.85. The van der Waals surface area contributed by atoms with Crippen LogP contribution < -0.4 is 10.6 Å². The molecular weight excluding hydrogens is 507 g/mol. The molecule has 0 spiro atoms. The highest BCUT2D eigenvalue weighted by Gasteiger charge is 2.43. The first-order valence-electron chi connectivity index (χ1n) is 9.03. The van der Waals surface area contributed by atoms with Crippen LogP contribution in [0, 0.1) is 16.7 Å². The number of benzene rings is 1. The van der Waals surface area contributed by atoms with Crippen LogP contribution in [-0.4, -0.2) is 34.0 Å². The summed E-state index contributed by atoms with van der Waals surface area (Å²) in [5.74, 6) is -2.15. The fraction of sp³-hybridized carbons (Fsp3) is 0.143. The van der Waals surface area contributed by atoms with Gasteiger partial charge in [-0.2, -0.15) is 18.4 Å². The van der Waals surface area contributed by atoms with Crippen LogP contribution in [0.2, 0.25) is 0 Å². The number of rotatable bonds is 5. The molecule has 1 aliphatic heterocycles. The number of carboxylic acid groups (broad SMARTS) is 1. The van der Waals surface area contributed by atoms with Crippen molar-refractivity contribution in [2.24, 2.45) is 5.73 Å². The number of nitriles is 1. The van der Waals surface area contributed by atoms with Gasteiger partial charge in [0.1, 0.15) is 6.04 Å².